The van der Waals surface area contributed by atoms with Crippen molar-refractivity contribution < 1.29 is 4.79 Å². The zero-order valence-electron chi connectivity index (χ0n) is 12.1. The van der Waals surface area contributed by atoms with Crippen LogP contribution < -0.4 is 11.1 Å². The number of amides is 1. The van der Waals surface area contributed by atoms with Gasteiger partial charge in [-0.15, -0.1) is 0 Å². The van der Waals surface area contributed by atoms with Crippen molar-refractivity contribution in [3.63, 3.8) is 0 Å². The van der Waals surface area contributed by atoms with Gasteiger partial charge in [0.15, 0.2) is 0 Å². The first kappa shape index (κ1) is 14.1. The van der Waals surface area contributed by atoms with Crippen molar-refractivity contribution in [3.05, 3.63) is 29.3 Å². The molecular formula is C16H24N2O. The number of hydrogen-bond donors (Lipinski definition) is 2. The van der Waals surface area contributed by atoms with E-state index in [1.165, 1.54) is 12.8 Å². The first-order valence-corrected chi connectivity index (χ1v) is 7.18. The van der Waals surface area contributed by atoms with E-state index in [2.05, 4.69) is 18.3 Å². The van der Waals surface area contributed by atoms with Gasteiger partial charge in [-0.3, -0.25) is 4.79 Å². The normalized spacial score (nSPS) is 18.0. The molecule has 0 radical (unpaired) electrons. The Bertz CT molecular complexity index is 480. The van der Waals surface area contributed by atoms with Crippen LogP contribution in [0, 0.1) is 0 Å². The molecule has 1 aliphatic heterocycles. The van der Waals surface area contributed by atoms with E-state index >= 15 is 0 Å². The number of unbranched alkanes of at least 4 members (excludes halogenated alkanes) is 2. The van der Waals surface area contributed by atoms with Crippen LogP contribution >= 0.6 is 0 Å². The Balaban J connectivity index is 2.18. The molecule has 0 bridgehead atoms. The fourth-order valence-corrected chi connectivity index (χ4v) is 2.60. The third kappa shape index (κ3) is 2.66. The highest BCUT2D eigenvalue weighted by Gasteiger charge is 2.38. The van der Waals surface area contributed by atoms with Gasteiger partial charge in [-0.05, 0) is 37.5 Å². The van der Waals surface area contributed by atoms with Gasteiger partial charge in [0.25, 0.3) is 0 Å². The number of hydrogen-bond acceptors (Lipinski definition) is 2. The highest BCUT2D eigenvalue weighted by molar-refractivity contribution is 6.05. The summed E-state index contributed by atoms with van der Waals surface area (Å²) in [5, 5.41) is 2.93. The van der Waals surface area contributed by atoms with E-state index in [4.69, 9.17) is 5.73 Å². The summed E-state index contributed by atoms with van der Waals surface area (Å²) in [5.74, 6) is 0.0687. The third-order valence-corrected chi connectivity index (χ3v) is 4.08. The number of nitrogens with two attached hydrogens (primary N) is 1. The van der Waals surface area contributed by atoms with Gasteiger partial charge < -0.3 is 11.1 Å². The first-order chi connectivity index (χ1) is 8.96. The number of carbonyl (C=O) groups excluding carboxylic acids is 1. The van der Waals surface area contributed by atoms with Crippen molar-refractivity contribution in [3.8, 4) is 0 Å². The van der Waals surface area contributed by atoms with E-state index < -0.39 is 5.41 Å². The summed E-state index contributed by atoms with van der Waals surface area (Å²) in [5.41, 5.74) is 8.94. The third-order valence-electron chi connectivity index (χ3n) is 4.08. The second-order valence-corrected chi connectivity index (χ2v) is 5.99. The van der Waals surface area contributed by atoms with Gasteiger partial charge in [-0.2, -0.15) is 0 Å². The van der Waals surface area contributed by atoms with E-state index in [-0.39, 0.29) is 11.9 Å². The number of benzene rings is 1. The molecule has 3 heteroatoms. The van der Waals surface area contributed by atoms with E-state index in [1.54, 1.807) is 0 Å². The summed E-state index contributed by atoms with van der Waals surface area (Å²) in [6, 6.07) is 6.20. The first-order valence-electron chi connectivity index (χ1n) is 7.18. The van der Waals surface area contributed by atoms with Crippen molar-refractivity contribution in [1.29, 1.82) is 0 Å². The molecule has 1 unspecified atom stereocenters. The van der Waals surface area contributed by atoms with Crippen LogP contribution in [0.1, 0.15) is 63.6 Å². The van der Waals surface area contributed by atoms with Gasteiger partial charge in [0.05, 0.1) is 5.41 Å². The topological polar surface area (TPSA) is 55.1 Å². The highest BCUT2D eigenvalue weighted by Crippen LogP contribution is 2.38. The maximum absolute atomic E-state index is 11.9. The number of fused-ring (bicyclic) bond motifs is 1. The molecule has 0 fully saturated rings. The molecule has 1 aromatic rings. The Morgan fingerprint density at radius 2 is 2.05 bits per heavy atom. The van der Waals surface area contributed by atoms with Gasteiger partial charge in [-0.1, -0.05) is 38.3 Å². The van der Waals surface area contributed by atoms with E-state index in [0.29, 0.717) is 0 Å². The Labute approximate surface area is 115 Å². The number of anilines is 1. The van der Waals surface area contributed by atoms with Gasteiger partial charge in [0.2, 0.25) is 5.91 Å². The lowest BCUT2D eigenvalue weighted by Crippen LogP contribution is -2.27. The minimum atomic E-state index is -0.450. The van der Waals surface area contributed by atoms with Crippen molar-refractivity contribution in [2.45, 2.75) is 57.9 Å². The predicted octanol–water partition coefficient (Wildman–Crippen LogP) is 3.50. The molecule has 1 heterocycles. The molecule has 1 aromatic carbocycles. The monoisotopic (exact) mass is 260 g/mol. The van der Waals surface area contributed by atoms with Gasteiger partial charge in [-0.25, -0.2) is 0 Å². The van der Waals surface area contributed by atoms with Gasteiger partial charge in [0, 0.05) is 11.7 Å². The quantitative estimate of drug-likeness (QED) is 0.796. The molecule has 1 amide bonds. The molecule has 0 aliphatic carbocycles. The van der Waals surface area contributed by atoms with E-state index in [9.17, 15) is 4.79 Å². The Morgan fingerprint density at radius 1 is 1.32 bits per heavy atom. The number of rotatable bonds is 5. The zero-order valence-corrected chi connectivity index (χ0v) is 12.1. The maximum Gasteiger partial charge on any atom is 0.234 e. The molecule has 104 valence electrons. The molecule has 1 atom stereocenters. The summed E-state index contributed by atoms with van der Waals surface area (Å²) in [4.78, 5) is 11.9. The predicted molar refractivity (Wildman–Crippen MR) is 79.2 cm³/mol. The SMILES string of the molecule is CCCCCC(N)c1ccc2c(c1)C(C)(C)C(=O)N2. The minimum absolute atomic E-state index is 0.0687. The Kier molecular flexibility index (Phi) is 3.95. The van der Waals surface area contributed by atoms with Crippen LogP contribution in [-0.4, -0.2) is 5.91 Å². The van der Waals surface area contributed by atoms with Crippen molar-refractivity contribution in [2.24, 2.45) is 5.73 Å². The molecule has 3 N–H and O–H groups in total. The summed E-state index contributed by atoms with van der Waals surface area (Å²) >= 11 is 0. The molecule has 0 aromatic heterocycles. The summed E-state index contributed by atoms with van der Waals surface area (Å²) in [6.07, 6.45) is 4.61. The van der Waals surface area contributed by atoms with Crippen LogP contribution in [0.25, 0.3) is 0 Å². The van der Waals surface area contributed by atoms with Crippen LogP contribution in [0.15, 0.2) is 18.2 Å². The Hall–Kier alpha value is -1.35. The smallest absolute Gasteiger partial charge is 0.234 e. The second-order valence-electron chi connectivity index (χ2n) is 5.99. The lowest BCUT2D eigenvalue weighted by molar-refractivity contribution is -0.119. The molecule has 0 spiro atoms. The molecule has 0 saturated carbocycles. The van der Waals surface area contributed by atoms with E-state index in [1.807, 2.05) is 26.0 Å². The average molecular weight is 260 g/mol. The fraction of sp³-hybridized carbons (Fsp3) is 0.562. The number of nitrogens with one attached hydrogen (secondary N) is 1. The molecular weight excluding hydrogens is 236 g/mol. The minimum Gasteiger partial charge on any atom is -0.325 e. The van der Waals surface area contributed by atoms with Gasteiger partial charge in [0.1, 0.15) is 0 Å². The van der Waals surface area contributed by atoms with Crippen molar-refractivity contribution in [1.82, 2.24) is 0 Å². The average Bonchev–Trinajstić information content (AvgIpc) is 2.60. The second kappa shape index (κ2) is 5.33. The van der Waals surface area contributed by atoms with Crippen LogP contribution in [0.3, 0.4) is 0 Å². The fourth-order valence-electron chi connectivity index (χ4n) is 2.60. The Morgan fingerprint density at radius 3 is 2.74 bits per heavy atom. The van der Waals surface area contributed by atoms with Crippen LogP contribution in [0.4, 0.5) is 5.69 Å². The zero-order chi connectivity index (χ0) is 14.0. The molecule has 3 nitrogen and oxygen atoms in total. The lowest BCUT2D eigenvalue weighted by atomic mass is 9.84. The van der Waals surface area contributed by atoms with Crippen molar-refractivity contribution in [2.75, 3.05) is 5.32 Å². The molecule has 1 aliphatic rings. The lowest BCUT2D eigenvalue weighted by Gasteiger charge is -2.18. The largest absolute Gasteiger partial charge is 0.325 e. The van der Waals surface area contributed by atoms with Crippen LogP contribution in [0.5, 0.6) is 0 Å². The van der Waals surface area contributed by atoms with Crippen LogP contribution in [-0.2, 0) is 10.2 Å². The summed E-state index contributed by atoms with van der Waals surface area (Å²) < 4.78 is 0. The standard InChI is InChI=1S/C16H24N2O/c1-4-5-6-7-13(17)11-8-9-14-12(10-11)16(2,3)15(19)18-14/h8-10,13H,4-7,17H2,1-3H3,(H,18,19). The molecule has 19 heavy (non-hydrogen) atoms. The molecule has 2 rings (SSSR count). The van der Waals surface area contributed by atoms with Crippen LogP contribution in [0.2, 0.25) is 0 Å². The summed E-state index contributed by atoms with van der Waals surface area (Å²) in [7, 11) is 0. The van der Waals surface area contributed by atoms with Crippen molar-refractivity contribution >= 4 is 11.6 Å². The van der Waals surface area contributed by atoms with Gasteiger partial charge >= 0.3 is 0 Å². The number of carbonyl (C=O) groups is 1. The maximum atomic E-state index is 11.9. The highest BCUT2D eigenvalue weighted by atomic mass is 16.2. The van der Waals surface area contributed by atoms with E-state index in [0.717, 1.165) is 29.7 Å². The molecule has 0 saturated heterocycles. The summed E-state index contributed by atoms with van der Waals surface area (Å²) in [6.45, 7) is 6.11.